The van der Waals surface area contributed by atoms with Gasteiger partial charge < -0.3 is 19.9 Å². The summed E-state index contributed by atoms with van der Waals surface area (Å²) in [5.74, 6) is 1.48. The molecule has 3 rings (SSSR count). The Labute approximate surface area is 143 Å². The number of hydrogen-bond acceptors (Lipinski definition) is 5. The van der Waals surface area contributed by atoms with E-state index >= 15 is 0 Å². The fourth-order valence-electron chi connectivity index (χ4n) is 3.97. The van der Waals surface area contributed by atoms with Crippen LogP contribution in [0.5, 0.6) is 11.5 Å². The third-order valence-electron chi connectivity index (χ3n) is 5.40. The summed E-state index contributed by atoms with van der Waals surface area (Å²) in [6.45, 7) is 0. The first-order valence-corrected chi connectivity index (χ1v) is 8.77. The van der Waals surface area contributed by atoms with Crippen LogP contribution in [-0.2, 0) is 9.53 Å². The van der Waals surface area contributed by atoms with E-state index in [1.807, 2.05) is 12.1 Å². The Morgan fingerprint density at radius 1 is 1.17 bits per heavy atom. The standard InChI is InChI=1S/C19H27NO4/c1-22-16-8-7-13(11-17(16)24-15-5-3-4-6-15)14-9-10-19(20,12-14)18(21)23-2/h7-8,11,14-15H,3-6,9-10,12,20H2,1-2H3. The molecule has 5 nitrogen and oxygen atoms in total. The Hall–Kier alpha value is -1.75. The van der Waals surface area contributed by atoms with Gasteiger partial charge in [-0.2, -0.15) is 0 Å². The zero-order chi connectivity index (χ0) is 17.2. The molecule has 2 N–H and O–H groups in total. The molecule has 0 amide bonds. The van der Waals surface area contributed by atoms with Crippen molar-refractivity contribution in [2.24, 2.45) is 5.73 Å². The van der Waals surface area contributed by atoms with Crippen LogP contribution in [0.4, 0.5) is 0 Å². The van der Waals surface area contributed by atoms with Crippen LogP contribution >= 0.6 is 0 Å². The maximum absolute atomic E-state index is 11.9. The fourth-order valence-corrected chi connectivity index (χ4v) is 3.97. The molecular formula is C19H27NO4. The summed E-state index contributed by atoms with van der Waals surface area (Å²) in [5, 5.41) is 0. The molecule has 2 atom stereocenters. The molecule has 2 fully saturated rings. The number of methoxy groups -OCH3 is 2. The summed E-state index contributed by atoms with van der Waals surface area (Å²) in [5.41, 5.74) is 6.52. The lowest BCUT2D eigenvalue weighted by molar-refractivity contribution is -0.146. The lowest BCUT2D eigenvalue weighted by Gasteiger charge is -2.21. The van der Waals surface area contributed by atoms with Crippen molar-refractivity contribution in [3.05, 3.63) is 23.8 Å². The normalized spacial score (nSPS) is 27.2. The Kier molecular flexibility index (Phi) is 4.99. The van der Waals surface area contributed by atoms with Gasteiger partial charge in [-0.1, -0.05) is 6.07 Å². The summed E-state index contributed by atoms with van der Waals surface area (Å²) in [6, 6.07) is 6.06. The third kappa shape index (κ3) is 3.36. The first-order chi connectivity index (χ1) is 11.6. The van der Waals surface area contributed by atoms with Crippen molar-refractivity contribution in [1.82, 2.24) is 0 Å². The molecule has 0 aromatic heterocycles. The smallest absolute Gasteiger partial charge is 0.325 e. The van der Waals surface area contributed by atoms with Crippen LogP contribution < -0.4 is 15.2 Å². The monoisotopic (exact) mass is 333 g/mol. The zero-order valence-electron chi connectivity index (χ0n) is 14.5. The molecule has 24 heavy (non-hydrogen) atoms. The van der Waals surface area contributed by atoms with Crippen LogP contribution in [-0.4, -0.2) is 31.8 Å². The molecule has 2 aliphatic rings. The average molecular weight is 333 g/mol. The van der Waals surface area contributed by atoms with Gasteiger partial charge in [0, 0.05) is 0 Å². The molecule has 2 aliphatic carbocycles. The molecule has 2 saturated carbocycles. The first-order valence-electron chi connectivity index (χ1n) is 8.77. The van der Waals surface area contributed by atoms with Gasteiger partial charge in [-0.15, -0.1) is 0 Å². The number of nitrogens with two attached hydrogens (primary N) is 1. The van der Waals surface area contributed by atoms with Gasteiger partial charge in [0.2, 0.25) is 0 Å². The van der Waals surface area contributed by atoms with E-state index in [0.29, 0.717) is 12.8 Å². The molecule has 0 radical (unpaired) electrons. The van der Waals surface area contributed by atoms with Gasteiger partial charge in [0.25, 0.3) is 0 Å². The van der Waals surface area contributed by atoms with Crippen molar-refractivity contribution in [2.45, 2.75) is 62.5 Å². The van der Waals surface area contributed by atoms with E-state index in [-0.39, 0.29) is 18.0 Å². The highest BCUT2D eigenvalue weighted by Crippen LogP contribution is 2.43. The minimum atomic E-state index is -0.869. The SMILES string of the molecule is COC(=O)C1(N)CCC(c2ccc(OC)c(OC3CCCC3)c2)C1. The Morgan fingerprint density at radius 3 is 2.58 bits per heavy atom. The second kappa shape index (κ2) is 7.01. The number of hydrogen-bond donors (Lipinski definition) is 1. The van der Waals surface area contributed by atoms with E-state index in [1.54, 1.807) is 7.11 Å². The van der Waals surface area contributed by atoms with Crippen LogP contribution in [0.15, 0.2) is 18.2 Å². The van der Waals surface area contributed by atoms with Gasteiger partial charge in [0.05, 0.1) is 20.3 Å². The molecule has 0 bridgehead atoms. The minimum Gasteiger partial charge on any atom is -0.493 e. The summed E-state index contributed by atoms with van der Waals surface area (Å²) in [6.07, 6.45) is 7.07. The van der Waals surface area contributed by atoms with Crippen molar-refractivity contribution >= 4 is 5.97 Å². The number of ether oxygens (including phenoxy) is 3. The molecule has 132 valence electrons. The molecule has 0 heterocycles. The molecule has 1 aromatic rings. The number of carbonyl (C=O) groups excluding carboxylic acids is 1. The predicted molar refractivity (Wildman–Crippen MR) is 91.4 cm³/mol. The van der Waals surface area contributed by atoms with Gasteiger partial charge in [-0.25, -0.2) is 0 Å². The summed E-state index contributed by atoms with van der Waals surface area (Å²) in [7, 11) is 3.06. The molecule has 5 heteroatoms. The van der Waals surface area contributed by atoms with Crippen molar-refractivity contribution in [3.63, 3.8) is 0 Å². The highest BCUT2D eigenvalue weighted by Gasteiger charge is 2.43. The van der Waals surface area contributed by atoms with Crippen LogP contribution in [0.3, 0.4) is 0 Å². The van der Waals surface area contributed by atoms with Crippen molar-refractivity contribution in [1.29, 1.82) is 0 Å². The van der Waals surface area contributed by atoms with E-state index < -0.39 is 5.54 Å². The first kappa shape index (κ1) is 17.1. The van der Waals surface area contributed by atoms with Gasteiger partial charge in [0.1, 0.15) is 5.54 Å². The third-order valence-corrected chi connectivity index (χ3v) is 5.40. The van der Waals surface area contributed by atoms with Gasteiger partial charge in [0.15, 0.2) is 11.5 Å². The van der Waals surface area contributed by atoms with Crippen LogP contribution in [0, 0.1) is 0 Å². The highest BCUT2D eigenvalue weighted by atomic mass is 16.5. The van der Waals surface area contributed by atoms with E-state index in [4.69, 9.17) is 19.9 Å². The molecule has 2 unspecified atom stereocenters. The fraction of sp³-hybridized carbons (Fsp3) is 0.632. The number of carbonyl (C=O) groups is 1. The molecule has 0 aliphatic heterocycles. The maximum Gasteiger partial charge on any atom is 0.325 e. The van der Waals surface area contributed by atoms with Gasteiger partial charge in [-0.05, 0) is 68.6 Å². The van der Waals surface area contributed by atoms with Crippen LogP contribution in [0.25, 0.3) is 0 Å². The Morgan fingerprint density at radius 2 is 1.92 bits per heavy atom. The molecule has 0 saturated heterocycles. The van der Waals surface area contributed by atoms with Crippen LogP contribution in [0.1, 0.15) is 56.4 Å². The van der Waals surface area contributed by atoms with Gasteiger partial charge in [-0.3, -0.25) is 4.79 Å². The highest BCUT2D eigenvalue weighted by molar-refractivity contribution is 5.81. The number of rotatable bonds is 5. The van der Waals surface area contributed by atoms with Crippen LogP contribution in [0.2, 0.25) is 0 Å². The lowest BCUT2D eigenvalue weighted by atomic mass is 9.93. The zero-order valence-corrected chi connectivity index (χ0v) is 14.5. The Balaban J connectivity index is 1.77. The minimum absolute atomic E-state index is 0.242. The van der Waals surface area contributed by atoms with E-state index in [0.717, 1.165) is 36.3 Å². The second-order valence-electron chi connectivity index (χ2n) is 7.02. The summed E-state index contributed by atoms with van der Waals surface area (Å²) >= 11 is 0. The lowest BCUT2D eigenvalue weighted by Crippen LogP contribution is -2.46. The van der Waals surface area contributed by atoms with Crippen molar-refractivity contribution in [3.8, 4) is 11.5 Å². The quantitative estimate of drug-likeness (QED) is 0.838. The average Bonchev–Trinajstić information content (AvgIpc) is 3.24. The van der Waals surface area contributed by atoms with Crippen molar-refractivity contribution < 1.29 is 19.0 Å². The predicted octanol–water partition coefficient (Wildman–Crippen LogP) is 3.15. The number of benzene rings is 1. The second-order valence-corrected chi connectivity index (χ2v) is 7.02. The molecule has 1 aromatic carbocycles. The number of esters is 1. The summed E-state index contributed by atoms with van der Waals surface area (Å²) < 4.78 is 16.5. The largest absolute Gasteiger partial charge is 0.493 e. The van der Waals surface area contributed by atoms with Gasteiger partial charge >= 0.3 is 5.97 Å². The Bertz CT molecular complexity index is 597. The topological polar surface area (TPSA) is 70.8 Å². The van der Waals surface area contributed by atoms with E-state index in [1.165, 1.54) is 20.0 Å². The van der Waals surface area contributed by atoms with Crippen molar-refractivity contribution in [2.75, 3.05) is 14.2 Å². The van der Waals surface area contributed by atoms with E-state index in [9.17, 15) is 4.79 Å². The molecule has 0 spiro atoms. The van der Waals surface area contributed by atoms with E-state index in [2.05, 4.69) is 6.07 Å². The summed E-state index contributed by atoms with van der Waals surface area (Å²) in [4.78, 5) is 11.9. The molecular weight excluding hydrogens is 306 g/mol. The maximum atomic E-state index is 11.9.